The van der Waals surface area contributed by atoms with Gasteiger partial charge in [-0.1, -0.05) is 17.7 Å². The molecule has 0 amide bonds. The molecule has 1 aromatic carbocycles. The van der Waals surface area contributed by atoms with E-state index >= 15 is 0 Å². The van der Waals surface area contributed by atoms with Crippen molar-refractivity contribution in [2.24, 2.45) is 0 Å². The predicted octanol–water partition coefficient (Wildman–Crippen LogP) is 4.88. The van der Waals surface area contributed by atoms with Crippen molar-refractivity contribution in [3.8, 4) is 0 Å². The Hall–Kier alpha value is -0.910. The molecule has 27 heavy (non-hydrogen) atoms. The second-order valence-electron chi connectivity index (χ2n) is 10.6. The van der Waals surface area contributed by atoms with Gasteiger partial charge in [0.15, 0.2) is 0 Å². The molecule has 0 bridgehead atoms. The summed E-state index contributed by atoms with van der Waals surface area (Å²) in [5.41, 5.74) is 1.15. The molecule has 0 aliphatic heterocycles. The highest BCUT2D eigenvalue weighted by atomic mass is 32.2. The van der Waals surface area contributed by atoms with Gasteiger partial charge in [-0.15, -0.1) is 0 Å². The van der Waals surface area contributed by atoms with E-state index in [0.29, 0.717) is 11.4 Å². The summed E-state index contributed by atoms with van der Waals surface area (Å²) in [5.74, 6) is 0. The number of sulfonamides is 1. The Morgan fingerprint density at radius 2 is 1.22 bits per heavy atom. The van der Waals surface area contributed by atoms with E-state index in [4.69, 9.17) is 0 Å². The van der Waals surface area contributed by atoms with Crippen LogP contribution in [-0.2, 0) is 10.0 Å². The van der Waals surface area contributed by atoms with E-state index in [1.165, 1.54) is 0 Å². The van der Waals surface area contributed by atoms with Crippen molar-refractivity contribution in [2.75, 3.05) is 13.1 Å². The topological polar surface area (TPSA) is 46.2 Å². The Labute approximate surface area is 168 Å². The minimum atomic E-state index is -3.46. The predicted molar refractivity (Wildman–Crippen MR) is 115 cm³/mol. The van der Waals surface area contributed by atoms with E-state index in [1.54, 1.807) is 12.1 Å². The lowest BCUT2D eigenvalue weighted by molar-refractivity contribution is -1.05. The molecule has 0 aromatic heterocycles. The average Bonchev–Trinajstić information content (AvgIpc) is 2.43. The normalized spacial score (nSPS) is 14.4. The first-order valence-electron chi connectivity index (χ1n) is 9.90. The van der Waals surface area contributed by atoms with Gasteiger partial charge in [0.2, 0.25) is 10.0 Å². The number of benzene rings is 1. The number of nitrogens with zero attached hydrogens (tertiary/aromatic N) is 1. The Balaban J connectivity index is 2.97. The number of hydrogen-bond donors (Lipinski definition) is 1. The van der Waals surface area contributed by atoms with Crippen LogP contribution in [0.5, 0.6) is 0 Å². The minimum absolute atomic E-state index is 0.0341. The molecule has 0 radical (unpaired) electrons. The van der Waals surface area contributed by atoms with Gasteiger partial charge in [-0.05, 0) is 81.4 Å². The Morgan fingerprint density at radius 1 is 0.815 bits per heavy atom. The molecular formula is C22H41N2O2S+. The molecule has 0 saturated heterocycles. The molecule has 0 heterocycles. The van der Waals surface area contributed by atoms with E-state index in [-0.39, 0.29) is 16.6 Å². The summed E-state index contributed by atoms with van der Waals surface area (Å²) in [4.78, 5) is 0.330. The first-order chi connectivity index (χ1) is 12.0. The van der Waals surface area contributed by atoms with Crippen LogP contribution in [0.15, 0.2) is 29.2 Å². The fourth-order valence-corrected chi connectivity index (χ4v) is 6.42. The second kappa shape index (κ2) is 7.84. The first-order valence-corrected chi connectivity index (χ1v) is 11.4. The molecule has 0 aliphatic rings. The molecular weight excluding hydrogens is 356 g/mol. The van der Waals surface area contributed by atoms with Crippen LogP contribution in [-0.4, -0.2) is 42.6 Å². The smallest absolute Gasteiger partial charge is 0.240 e. The molecule has 156 valence electrons. The lowest BCUT2D eigenvalue weighted by atomic mass is 9.81. The van der Waals surface area contributed by atoms with Crippen LogP contribution in [0.1, 0.15) is 74.3 Å². The Kier molecular flexibility index (Phi) is 7.01. The molecule has 1 rings (SSSR count). The molecule has 5 heteroatoms. The van der Waals surface area contributed by atoms with Crippen LogP contribution < -0.4 is 4.72 Å². The van der Waals surface area contributed by atoms with Crippen molar-refractivity contribution in [3.05, 3.63) is 29.8 Å². The van der Waals surface area contributed by atoms with Gasteiger partial charge in [-0.2, -0.15) is 0 Å². The molecule has 0 unspecified atom stereocenters. The lowest BCUT2D eigenvalue weighted by Crippen LogP contribution is -2.76. The summed E-state index contributed by atoms with van der Waals surface area (Å²) in [7, 11) is -3.46. The van der Waals surface area contributed by atoms with E-state index in [0.717, 1.165) is 23.0 Å². The average molecular weight is 398 g/mol. The maximum atomic E-state index is 12.5. The van der Waals surface area contributed by atoms with Gasteiger partial charge in [-0.3, -0.25) is 0 Å². The van der Waals surface area contributed by atoms with Crippen LogP contribution in [0.2, 0.25) is 0 Å². The van der Waals surface area contributed by atoms with Crippen molar-refractivity contribution in [3.63, 3.8) is 0 Å². The molecule has 0 saturated carbocycles. The van der Waals surface area contributed by atoms with E-state index in [1.807, 2.05) is 19.1 Å². The number of aryl methyl sites for hydroxylation is 1. The molecule has 1 N–H and O–H groups in total. The van der Waals surface area contributed by atoms with Gasteiger partial charge in [0.25, 0.3) is 0 Å². The van der Waals surface area contributed by atoms with Gasteiger partial charge in [0.1, 0.15) is 0 Å². The molecule has 0 spiro atoms. The zero-order chi connectivity index (χ0) is 21.3. The van der Waals surface area contributed by atoms with Crippen LogP contribution in [0.4, 0.5) is 0 Å². The summed E-state index contributed by atoms with van der Waals surface area (Å²) < 4.78 is 28.8. The fraction of sp³-hybridized carbons (Fsp3) is 0.727. The van der Waals surface area contributed by atoms with Crippen LogP contribution in [0.3, 0.4) is 0 Å². The van der Waals surface area contributed by atoms with E-state index < -0.39 is 10.0 Å². The Bertz CT molecular complexity index is 680. The third-order valence-corrected chi connectivity index (χ3v) is 7.21. The molecule has 0 aliphatic carbocycles. The van der Waals surface area contributed by atoms with Crippen molar-refractivity contribution in [1.82, 2.24) is 4.72 Å². The van der Waals surface area contributed by atoms with E-state index in [9.17, 15) is 8.42 Å². The zero-order valence-corrected chi connectivity index (χ0v) is 19.9. The SMILES string of the molecule is Cc1ccc(S(=O)(=O)NCCC[N+](C(C)(C)C)(C(C)(C)C)C(C)(C)C)cc1. The lowest BCUT2D eigenvalue weighted by Gasteiger charge is -2.64. The third-order valence-electron chi connectivity index (χ3n) is 5.73. The maximum absolute atomic E-state index is 12.5. The summed E-state index contributed by atoms with van der Waals surface area (Å²) in [6, 6.07) is 6.99. The van der Waals surface area contributed by atoms with Gasteiger partial charge >= 0.3 is 0 Å². The van der Waals surface area contributed by atoms with Gasteiger partial charge in [-0.25, -0.2) is 13.1 Å². The van der Waals surface area contributed by atoms with Crippen molar-refractivity contribution in [1.29, 1.82) is 0 Å². The van der Waals surface area contributed by atoms with Gasteiger partial charge in [0.05, 0.1) is 28.1 Å². The second-order valence-corrected chi connectivity index (χ2v) is 12.4. The van der Waals surface area contributed by atoms with Gasteiger partial charge in [0, 0.05) is 13.0 Å². The molecule has 0 fully saturated rings. The number of hydrogen-bond acceptors (Lipinski definition) is 2. The van der Waals surface area contributed by atoms with Crippen molar-refractivity contribution < 1.29 is 12.9 Å². The quantitative estimate of drug-likeness (QED) is 0.549. The highest BCUT2D eigenvalue weighted by Crippen LogP contribution is 2.43. The highest BCUT2D eigenvalue weighted by Gasteiger charge is 2.55. The minimum Gasteiger partial charge on any atom is -0.311 e. The van der Waals surface area contributed by atoms with Gasteiger partial charge < -0.3 is 4.48 Å². The highest BCUT2D eigenvalue weighted by molar-refractivity contribution is 7.89. The van der Waals surface area contributed by atoms with E-state index in [2.05, 4.69) is 67.0 Å². The summed E-state index contributed by atoms with van der Waals surface area (Å²) in [6.45, 7) is 23.9. The third kappa shape index (κ3) is 5.12. The monoisotopic (exact) mass is 397 g/mol. The Morgan fingerprint density at radius 3 is 1.59 bits per heavy atom. The zero-order valence-electron chi connectivity index (χ0n) is 19.1. The van der Waals surface area contributed by atoms with Crippen LogP contribution in [0.25, 0.3) is 0 Å². The van der Waals surface area contributed by atoms with Crippen LogP contribution >= 0.6 is 0 Å². The van der Waals surface area contributed by atoms with Crippen molar-refractivity contribution >= 4 is 10.0 Å². The molecule has 1 aromatic rings. The maximum Gasteiger partial charge on any atom is 0.240 e. The number of nitrogens with one attached hydrogen (secondary N) is 1. The summed E-state index contributed by atoms with van der Waals surface area (Å²) in [5, 5.41) is 0. The summed E-state index contributed by atoms with van der Waals surface area (Å²) in [6.07, 6.45) is 0.789. The largest absolute Gasteiger partial charge is 0.311 e. The standard InChI is InChI=1S/C22H41N2O2S/c1-18-12-14-19(15-13-18)27(25,26)23-16-11-17-24(20(2,3)4,21(5,6)7)22(8,9)10/h12-15,23H,11,16-17H2,1-10H3/q+1. The molecule has 4 nitrogen and oxygen atoms in total. The van der Waals surface area contributed by atoms with Crippen molar-refractivity contribution in [2.45, 2.75) is 97.2 Å². The summed E-state index contributed by atoms with van der Waals surface area (Å²) >= 11 is 0. The number of quaternary nitrogens is 1. The first kappa shape index (κ1) is 24.1. The van der Waals surface area contributed by atoms with Crippen LogP contribution in [0, 0.1) is 6.92 Å². The number of rotatable bonds is 6. The molecule has 0 atom stereocenters. The fourth-order valence-electron chi connectivity index (χ4n) is 5.35.